The maximum Gasteiger partial charge on any atom is 0.274 e. The van der Waals surface area contributed by atoms with Crippen molar-refractivity contribution in [3.8, 4) is 11.5 Å². The first kappa shape index (κ1) is 15.8. The molecule has 3 heterocycles. The Balaban J connectivity index is 1.76. The maximum absolute atomic E-state index is 13.0. The molecule has 0 amide bonds. The van der Waals surface area contributed by atoms with Gasteiger partial charge in [-0.05, 0) is 60.9 Å². The molecular weight excluding hydrogens is 416 g/mol. The summed E-state index contributed by atoms with van der Waals surface area (Å²) in [6.45, 7) is 4.31. The monoisotopic (exact) mass is 428 g/mol. The van der Waals surface area contributed by atoms with E-state index in [-0.39, 0.29) is 12.4 Å². The van der Waals surface area contributed by atoms with Crippen LogP contribution in [0.15, 0.2) is 33.5 Å². The van der Waals surface area contributed by atoms with Crippen LogP contribution in [0.25, 0.3) is 22.1 Å². The summed E-state index contributed by atoms with van der Waals surface area (Å²) in [6.07, 6.45) is 1.86. The van der Waals surface area contributed by atoms with Crippen molar-refractivity contribution in [1.29, 1.82) is 0 Å². The summed E-state index contributed by atoms with van der Waals surface area (Å²) < 4.78 is 14.0. The topological polar surface area (TPSA) is 52.8 Å². The number of nitrogens with zero attached hydrogens (tertiary/aromatic N) is 2. The summed E-state index contributed by atoms with van der Waals surface area (Å²) in [7, 11) is 0. The van der Waals surface area contributed by atoms with Crippen LogP contribution >= 0.6 is 27.3 Å². The van der Waals surface area contributed by atoms with Gasteiger partial charge in [0.25, 0.3) is 5.56 Å². The first-order valence-corrected chi connectivity index (χ1v) is 9.65. The number of fused-ring (bicyclic) bond motifs is 4. The molecule has 0 fully saturated rings. The van der Waals surface area contributed by atoms with Gasteiger partial charge in [0.05, 0.1) is 15.6 Å². The van der Waals surface area contributed by atoms with Crippen molar-refractivity contribution in [2.75, 3.05) is 6.79 Å². The van der Waals surface area contributed by atoms with E-state index in [1.54, 1.807) is 4.40 Å². The average Bonchev–Trinajstić information content (AvgIpc) is 3.25. The Morgan fingerprint density at radius 2 is 1.88 bits per heavy atom. The van der Waals surface area contributed by atoms with E-state index in [1.807, 2.05) is 37.3 Å². The highest BCUT2D eigenvalue weighted by Crippen LogP contribution is 2.37. The van der Waals surface area contributed by atoms with Crippen LogP contribution < -0.4 is 19.6 Å². The van der Waals surface area contributed by atoms with Crippen LogP contribution in [-0.4, -0.2) is 16.2 Å². The van der Waals surface area contributed by atoms with Gasteiger partial charge < -0.3 is 9.47 Å². The molecule has 26 heavy (non-hydrogen) atoms. The molecule has 130 valence electrons. The van der Waals surface area contributed by atoms with Crippen molar-refractivity contribution in [2.24, 2.45) is 0 Å². The van der Waals surface area contributed by atoms with Crippen LogP contribution in [-0.2, 0) is 0 Å². The van der Waals surface area contributed by atoms with Gasteiger partial charge in [0, 0.05) is 4.47 Å². The minimum Gasteiger partial charge on any atom is -0.454 e. The van der Waals surface area contributed by atoms with E-state index in [1.165, 1.54) is 16.9 Å². The van der Waals surface area contributed by atoms with Gasteiger partial charge in [-0.2, -0.15) is 0 Å². The van der Waals surface area contributed by atoms with E-state index in [4.69, 9.17) is 9.47 Å². The van der Waals surface area contributed by atoms with Gasteiger partial charge in [-0.3, -0.25) is 4.79 Å². The highest BCUT2D eigenvalue weighted by atomic mass is 79.9. The molecule has 2 aromatic carbocycles. The van der Waals surface area contributed by atoms with Gasteiger partial charge >= 0.3 is 0 Å². The minimum absolute atomic E-state index is 0.0553. The number of imidazole rings is 1. The summed E-state index contributed by atoms with van der Waals surface area (Å²) in [5.74, 6) is 1.39. The zero-order chi connectivity index (χ0) is 18.0. The Morgan fingerprint density at radius 3 is 2.69 bits per heavy atom. The van der Waals surface area contributed by atoms with Crippen molar-refractivity contribution in [2.45, 2.75) is 13.8 Å². The predicted molar refractivity (Wildman–Crippen MR) is 105 cm³/mol. The largest absolute Gasteiger partial charge is 0.454 e. The fourth-order valence-electron chi connectivity index (χ4n) is 3.10. The lowest BCUT2D eigenvalue weighted by molar-refractivity contribution is 0.174. The Bertz CT molecular complexity index is 1320. The van der Waals surface area contributed by atoms with Crippen molar-refractivity contribution in [1.82, 2.24) is 9.38 Å². The second kappa shape index (κ2) is 5.56. The van der Waals surface area contributed by atoms with Crippen LogP contribution in [0.3, 0.4) is 0 Å². The number of aryl methyl sites for hydroxylation is 2. The highest BCUT2D eigenvalue weighted by molar-refractivity contribution is 9.10. The van der Waals surface area contributed by atoms with E-state index in [2.05, 4.69) is 27.8 Å². The van der Waals surface area contributed by atoms with Crippen molar-refractivity contribution in [3.63, 3.8) is 0 Å². The fourth-order valence-corrected chi connectivity index (χ4v) is 4.52. The zero-order valence-electron chi connectivity index (χ0n) is 14.0. The number of ether oxygens (including phenoxy) is 2. The lowest BCUT2D eigenvalue weighted by Gasteiger charge is -2.01. The van der Waals surface area contributed by atoms with E-state index >= 15 is 0 Å². The quantitative estimate of drug-likeness (QED) is 0.465. The Labute approximate surface area is 160 Å². The molecule has 7 heteroatoms. The van der Waals surface area contributed by atoms with Crippen molar-refractivity contribution < 1.29 is 9.47 Å². The molecule has 1 aliphatic rings. The predicted octanol–water partition coefficient (Wildman–Crippen LogP) is 3.56. The number of aromatic nitrogens is 2. The number of benzene rings is 2. The molecular formula is C19H13BrN2O3S. The fraction of sp³-hybridized carbons (Fsp3) is 0.158. The van der Waals surface area contributed by atoms with Crippen molar-refractivity contribution >= 4 is 49.3 Å². The number of halogens is 1. The number of thiazole rings is 1. The van der Waals surface area contributed by atoms with Crippen LogP contribution in [0.2, 0.25) is 0 Å². The molecule has 0 bridgehead atoms. The van der Waals surface area contributed by atoms with Gasteiger partial charge in [-0.1, -0.05) is 27.3 Å². The molecule has 0 saturated carbocycles. The number of hydrogen-bond acceptors (Lipinski definition) is 5. The summed E-state index contributed by atoms with van der Waals surface area (Å²) in [5.41, 5.74) is 4.84. The Kier molecular flexibility index (Phi) is 3.39. The molecule has 5 rings (SSSR count). The molecule has 0 atom stereocenters. The molecule has 5 nitrogen and oxygen atoms in total. The number of rotatable bonds is 1. The van der Waals surface area contributed by atoms with Crippen molar-refractivity contribution in [3.05, 3.63) is 60.3 Å². The molecule has 1 aliphatic heterocycles. The third-order valence-electron chi connectivity index (χ3n) is 4.63. The molecule has 0 spiro atoms. The van der Waals surface area contributed by atoms with Gasteiger partial charge in [-0.25, -0.2) is 9.38 Å². The van der Waals surface area contributed by atoms with Crippen LogP contribution in [0.5, 0.6) is 11.5 Å². The average molecular weight is 429 g/mol. The molecule has 0 N–H and O–H groups in total. The third kappa shape index (κ3) is 2.27. The van der Waals surface area contributed by atoms with Gasteiger partial charge in [-0.15, -0.1) is 0 Å². The molecule has 2 aromatic heterocycles. The van der Waals surface area contributed by atoms with E-state index in [9.17, 15) is 4.79 Å². The summed E-state index contributed by atoms with van der Waals surface area (Å²) >= 11 is 4.93. The van der Waals surface area contributed by atoms with Gasteiger partial charge in [0.2, 0.25) is 6.79 Å². The molecule has 0 aliphatic carbocycles. The molecule has 0 saturated heterocycles. The third-order valence-corrected chi connectivity index (χ3v) is 6.29. The van der Waals surface area contributed by atoms with Crippen LogP contribution in [0, 0.1) is 13.8 Å². The molecule has 4 aromatic rings. The van der Waals surface area contributed by atoms with Gasteiger partial charge in [0.15, 0.2) is 16.5 Å². The highest BCUT2D eigenvalue weighted by Gasteiger charge is 2.17. The lowest BCUT2D eigenvalue weighted by Crippen LogP contribution is -2.22. The summed E-state index contributed by atoms with van der Waals surface area (Å²) in [6, 6.07) is 7.79. The van der Waals surface area contributed by atoms with E-state index in [0.717, 1.165) is 26.6 Å². The summed E-state index contributed by atoms with van der Waals surface area (Å²) in [5, 5.41) is 0. The van der Waals surface area contributed by atoms with E-state index < -0.39 is 0 Å². The standard InChI is InChI=1S/C19H13BrN2O3S/c1-9-3-13-14(4-10(9)2)22-18(23)17(26-19(22)21-13)6-11-5-15-16(7-12(11)20)25-8-24-15/h3-7H,8H2,1-2H3/b17-6+. The smallest absolute Gasteiger partial charge is 0.274 e. The summed E-state index contributed by atoms with van der Waals surface area (Å²) in [4.78, 5) is 18.3. The lowest BCUT2D eigenvalue weighted by atomic mass is 10.1. The second-order valence-corrected chi connectivity index (χ2v) is 8.16. The minimum atomic E-state index is -0.0553. The van der Waals surface area contributed by atoms with E-state index in [0.29, 0.717) is 21.0 Å². The Hall–Kier alpha value is -2.38. The van der Waals surface area contributed by atoms with Gasteiger partial charge in [0.1, 0.15) is 0 Å². The zero-order valence-corrected chi connectivity index (χ0v) is 16.4. The number of hydrogen-bond donors (Lipinski definition) is 0. The van der Waals surface area contributed by atoms with Crippen LogP contribution in [0.1, 0.15) is 16.7 Å². The molecule has 0 unspecified atom stereocenters. The maximum atomic E-state index is 13.0. The van der Waals surface area contributed by atoms with Crippen LogP contribution in [0.4, 0.5) is 0 Å². The Morgan fingerprint density at radius 1 is 1.15 bits per heavy atom. The molecule has 0 radical (unpaired) electrons. The first-order valence-electron chi connectivity index (χ1n) is 8.04. The normalized spacial score (nSPS) is 14.0. The SMILES string of the molecule is Cc1cc2nc3s/c(=C/c4cc5c(cc4Br)OCO5)c(=O)n3c2cc1C. The second-order valence-electron chi connectivity index (χ2n) is 6.30. The first-order chi connectivity index (χ1) is 12.5.